The molecule has 0 aliphatic rings. The van der Waals surface area contributed by atoms with Crippen molar-refractivity contribution < 1.29 is 9.53 Å². The Hall–Kier alpha value is -2.03. The van der Waals surface area contributed by atoms with Crippen molar-refractivity contribution in [3.8, 4) is 6.07 Å². The summed E-state index contributed by atoms with van der Waals surface area (Å²) in [6.45, 7) is 7.03. The second kappa shape index (κ2) is 4.45. The Labute approximate surface area is 100 Å². The van der Waals surface area contributed by atoms with Gasteiger partial charge in [0.1, 0.15) is 17.4 Å². The number of hydrogen-bond donors (Lipinski definition) is 1. The van der Waals surface area contributed by atoms with Gasteiger partial charge in [-0.3, -0.25) is 10.00 Å². The molecule has 0 radical (unpaired) electrons. The third-order valence-electron chi connectivity index (χ3n) is 1.95. The lowest BCUT2D eigenvalue weighted by molar-refractivity contribution is 0.0635. The molecule has 0 aromatic carbocycles. The molecule has 1 N–H and O–H groups in total. The van der Waals surface area contributed by atoms with Crippen molar-refractivity contribution in [3.05, 3.63) is 11.4 Å². The molecule has 0 bridgehead atoms. The van der Waals surface area contributed by atoms with Crippen LogP contribution in [-0.2, 0) is 11.8 Å². The van der Waals surface area contributed by atoms with Gasteiger partial charge < -0.3 is 4.74 Å². The Bertz CT molecular complexity index is 477. The number of aromatic nitrogens is 2. The molecule has 0 saturated heterocycles. The van der Waals surface area contributed by atoms with Crippen LogP contribution in [-0.4, -0.2) is 21.5 Å². The maximum Gasteiger partial charge on any atom is 0.412 e. The lowest BCUT2D eigenvalue weighted by Gasteiger charge is -2.19. The molecule has 0 spiro atoms. The summed E-state index contributed by atoms with van der Waals surface area (Å²) in [5.41, 5.74) is 0.694. The molecular formula is C11H16N4O2. The second-order valence-corrected chi connectivity index (χ2v) is 4.67. The highest BCUT2D eigenvalue weighted by Crippen LogP contribution is 2.19. The van der Waals surface area contributed by atoms with E-state index in [-0.39, 0.29) is 0 Å². The molecule has 1 rings (SSSR count). The Morgan fingerprint density at radius 2 is 2.12 bits per heavy atom. The number of nitrogens with one attached hydrogen (secondary N) is 1. The van der Waals surface area contributed by atoms with E-state index >= 15 is 0 Å². The maximum atomic E-state index is 11.6. The molecule has 0 unspecified atom stereocenters. The fourth-order valence-electron chi connectivity index (χ4n) is 1.34. The predicted molar refractivity (Wildman–Crippen MR) is 62.5 cm³/mol. The molecule has 17 heavy (non-hydrogen) atoms. The molecule has 0 saturated carbocycles. The van der Waals surface area contributed by atoms with Gasteiger partial charge in [-0.1, -0.05) is 0 Å². The van der Waals surface area contributed by atoms with Crippen LogP contribution in [0.3, 0.4) is 0 Å². The highest BCUT2D eigenvalue weighted by molar-refractivity contribution is 5.87. The van der Waals surface area contributed by atoms with Gasteiger partial charge >= 0.3 is 6.09 Å². The summed E-state index contributed by atoms with van der Waals surface area (Å²) in [5.74, 6) is 0. The summed E-state index contributed by atoms with van der Waals surface area (Å²) in [6, 6.07) is 1.98. The lowest BCUT2D eigenvalue weighted by atomic mass is 10.2. The number of rotatable bonds is 1. The number of amides is 1. The van der Waals surface area contributed by atoms with Crippen molar-refractivity contribution in [1.82, 2.24) is 9.78 Å². The van der Waals surface area contributed by atoms with Crippen LogP contribution in [0.5, 0.6) is 0 Å². The van der Waals surface area contributed by atoms with E-state index in [1.165, 1.54) is 4.68 Å². The van der Waals surface area contributed by atoms with Crippen LogP contribution >= 0.6 is 0 Å². The molecule has 0 atom stereocenters. The number of aryl methyl sites for hydroxylation is 2. The van der Waals surface area contributed by atoms with Gasteiger partial charge in [0.05, 0.1) is 5.69 Å². The van der Waals surface area contributed by atoms with Gasteiger partial charge in [0.15, 0.2) is 5.69 Å². The summed E-state index contributed by atoms with van der Waals surface area (Å²) in [7, 11) is 1.64. The van der Waals surface area contributed by atoms with E-state index in [1.54, 1.807) is 34.7 Å². The Balaban J connectivity index is 2.90. The largest absolute Gasteiger partial charge is 0.444 e. The Morgan fingerprint density at radius 1 is 1.53 bits per heavy atom. The molecule has 92 valence electrons. The fourth-order valence-corrected chi connectivity index (χ4v) is 1.34. The van der Waals surface area contributed by atoms with Gasteiger partial charge in [0, 0.05) is 7.05 Å². The molecule has 1 amide bonds. The average Bonchev–Trinajstić information content (AvgIpc) is 2.38. The predicted octanol–water partition coefficient (Wildman–Crippen LogP) is 1.95. The van der Waals surface area contributed by atoms with Crippen molar-refractivity contribution >= 4 is 11.8 Å². The van der Waals surface area contributed by atoms with Gasteiger partial charge in [-0.25, -0.2) is 4.79 Å². The minimum Gasteiger partial charge on any atom is -0.444 e. The minimum absolute atomic E-state index is 0.299. The molecule has 6 heteroatoms. The quantitative estimate of drug-likeness (QED) is 0.808. The zero-order valence-electron chi connectivity index (χ0n) is 10.7. The van der Waals surface area contributed by atoms with Gasteiger partial charge in [0.25, 0.3) is 0 Å². The average molecular weight is 236 g/mol. The van der Waals surface area contributed by atoms with Gasteiger partial charge in [0.2, 0.25) is 0 Å². The summed E-state index contributed by atoms with van der Waals surface area (Å²) < 4.78 is 6.53. The first kappa shape index (κ1) is 13.0. The van der Waals surface area contributed by atoms with E-state index < -0.39 is 11.7 Å². The van der Waals surface area contributed by atoms with E-state index in [2.05, 4.69) is 10.4 Å². The minimum atomic E-state index is -0.593. The Morgan fingerprint density at radius 3 is 2.59 bits per heavy atom. The summed E-state index contributed by atoms with van der Waals surface area (Å²) in [5, 5.41) is 15.6. The van der Waals surface area contributed by atoms with Gasteiger partial charge in [-0.2, -0.15) is 10.4 Å². The number of anilines is 1. The molecular weight excluding hydrogens is 220 g/mol. The third kappa shape index (κ3) is 3.21. The summed E-state index contributed by atoms with van der Waals surface area (Å²) in [4.78, 5) is 11.6. The highest BCUT2D eigenvalue weighted by atomic mass is 16.6. The number of hydrogen-bond acceptors (Lipinski definition) is 4. The van der Waals surface area contributed by atoms with Crippen molar-refractivity contribution in [3.63, 3.8) is 0 Å². The number of nitrogens with zero attached hydrogens (tertiary/aromatic N) is 3. The first-order valence-electron chi connectivity index (χ1n) is 5.18. The number of ether oxygens (including phenoxy) is 1. The van der Waals surface area contributed by atoms with Crippen LogP contribution in [0, 0.1) is 18.3 Å². The number of carbonyl (C=O) groups is 1. The monoisotopic (exact) mass is 236 g/mol. The zero-order valence-corrected chi connectivity index (χ0v) is 10.7. The molecule has 1 aromatic heterocycles. The zero-order chi connectivity index (χ0) is 13.2. The summed E-state index contributed by atoms with van der Waals surface area (Å²) in [6.07, 6.45) is -0.593. The van der Waals surface area contributed by atoms with E-state index in [0.717, 1.165) is 0 Å². The normalized spacial score (nSPS) is 10.8. The van der Waals surface area contributed by atoms with E-state index in [0.29, 0.717) is 17.1 Å². The van der Waals surface area contributed by atoms with Crippen LogP contribution in [0.4, 0.5) is 10.5 Å². The van der Waals surface area contributed by atoms with Crippen molar-refractivity contribution in [1.29, 1.82) is 5.26 Å². The van der Waals surface area contributed by atoms with Gasteiger partial charge in [-0.05, 0) is 27.7 Å². The SMILES string of the molecule is Cc1nn(C)c(C#N)c1NC(=O)OC(C)(C)C. The molecule has 1 aromatic rings. The fraction of sp³-hybridized carbons (Fsp3) is 0.545. The van der Waals surface area contributed by atoms with Gasteiger partial charge in [-0.15, -0.1) is 0 Å². The molecule has 1 heterocycles. The van der Waals surface area contributed by atoms with Crippen molar-refractivity contribution in [2.75, 3.05) is 5.32 Å². The van der Waals surface area contributed by atoms with Crippen LogP contribution in [0.25, 0.3) is 0 Å². The van der Waals surface area contributed by atoms with Crippen LogP contribution < -0.4 is 5.32 Å². The van der Waals surface area contributed by atoms with Crippen LogP contribution in [0.15, 0.2) is 0 Å². The second-order valence-electron chi connectivity index (χ2n) is 4.67. The van der Waals surface area contributed by atoms with Crippen molar-refractivity contribution in [2.45, 2.75) is 33.3 Å². The Kier molecular flexibility index (Phi) is 3.42. The maximum absolute atomic E-state index is 11.6. The smallest absolute Gasteiger partial charge is 0.412 e. The van der Waals surface area contributed by atoms with E-state index in [1.807, 2.05) is 6.07 Å². The summed E-state index contributed by atoms with van der Waals surface area (Å²) >= 11 is 0. The molecule has 6 nitrogen and oxygen atoms in total. The number of nitriles is 1. The molecule has 0 aliphatic heterocycles. The highest BCUT2D eigenvalue weighted by Gasteiger charge is 2.20. The van der Waals surface area contributed by atoms with Crippen molar-refractivity contribution in [2.24, 2.45) is 7.05 Å². The van der Waals surface area contributed by atoms with E-state index in [9.17, 15) is 4.79 Å². The first-order valence-corrected chi connectivity index (χ1v) is 5.18. The third-order valence-corrected chi connectivity index (χ3v) is 1.95. The topological polar surface area (TPSA) is 79.9 Å². The molecule has 0 fully saturated rings. The molecule has 0 aliphatic carbocycles. The van der Waals surface area contributed by atoms with E-state index in [4.69, 9.17) is 10.00 Å². The number of carbonyl (C=O) groups excluding carboxylic acids is 1. The first-order chi connectivity index (χ1) is 7.74. The standard InChI is InChI=1S/C11H16N4O2/c1-7-9(8(6-12)15(5)14-7)13-10(16)17-11(2,3)4/h1-5H3,(H,13,16). The van der Waals surface area contributed by atoms with Crippen LogP contribution in [0.1, 0.15) is 32.2 Å². The van der Waals surface area contributed by atoms with Crippen LogP contribution in [0.2, 0.25) is 0 Å². The lowest BCUT2D eigenvalue weighted by Crippen LogP contribution is -2.27.